The zero-order valence-electron chi connectivity index (χ0n) is 10.4. The molecule has 0 spiro atoms. The van der Waals surface area contributed by atoms with E-state index < -0.39 is 0 Å². The van der Waals surface area contributed by atoms with E-state index >= 15 is 0 Å². The summed E-state index contributed by atoms with van der Waals surface area (Å²) in [6, 6.07) is 6.22. The normalized spacial score (nSPS) is 19.5. The van der Waals surface area contributed by atoms with E-state index in [-0.39, 0.29) is 11.8 Å². The van der Waals surface area contributed by atoms with Crippen LogP contribution in [0.25, 0.3) is 0 Å². The molecule has 2 rings (SSSR count). The third kappa shape index (κ3) is 2.34. The highest BCUT2D eigenvalue weighted by molar-refractivity contribution is 5.79. The fraction of sp³-hybridized carbons (Fsp3) is 0.400. The molecule has 0 saturated carbocycles. The molecular weight excluding hydrogens is 210 g/mol. The van der Waals surface area contributed by atoms with Gasteiger partial charge in [-0.1, -0.05) is 18.2 Å². The SMILES string of the molecule is C#CC1CC(=O)N(Cc2c(C)cccc2C)C1. The van der Waals surface area contributed by atoms with Crippen molar-refractivity contribution in [3.63, 3.8) is 0 Å². The number of nitrogens with zero attached hydrogens (tertiary/aromatic N) is 1. The summed E-state index contributed by atoms with van der Waals surface area (Å²) in [5, 5.41) is 0. The van der Waals surface area contributed by atoms with E-state index in [4.69, 9.17) is 6.42 Å². The van der Waals surface area contributed by atoms with E-state index in [2.05, 4.69) is 31.9 Å². The Labute approximate surface area is 103 Å². The number of carbonyl (C=O) groups excluding carboxylic acids is 1. The van der Waals surface area contributed by atoms with Gasteiger partial charge < -0.3 is 4.90 Å². The van der Waals surface area contributed by atoms with Crippen LogP contribution in [0, 0.1) is 32.1 Å². The van der Waals surface area contributed by atoms with Gasteiger partial charge in [0, 0.05) is 25.4 Å². The average molecular weight is 227 g/mol. The van der Waals surface area contributed by atoms with E-state index in [1.165, 1.54) is 16.7 Å². The highest BCUT2D eigenvalue weighted by Gasteiger charge is 2.28. The van der Waals surface area contributed by atoms with Crippen molar-refractivity contribution in [3.8, 4) is 12.3 Å². The first-order chi connectivity index (χ1) is 8.11. The van der Waals surface area contributed by atoms with Crippen LogP contribution in [0.4, 0.5) is 0 Å². The van der Waals surface area contributed by atoms with Crippen molar-refractivity contribution in [1.29, 1.82) is 0 Å². The number of rotatable bonds is 2. The molecule has 1 fully saturated rings. The van der Waals surface area contributed by atoms with Crippen LogP contribution in [0.3, 0.4) is 0 Å². The lowest BCUT2D eigenvalue weighted by atomic mass is 10.0. The largest absolute Gasteiger partial charge is 0.337 e. The Bertz CT molecular complexity index is 464. The minimum Gasteiger partial charge on any atom is -0.337 e. The van der Waals surface area contributed by atoms with Gasteiger partial charge in [-0.3, -0.25) is 4.79 Å². The van der Waals surface area contributed by atoms with Crippen molar-refractivity contribution >= 4 is 5.91 Å². The van der Waals surface area contributed by atoms with Crippen molar-refractivity contribution in [2.24, 2.45) is 5.92 Å². The number of amides is 1. The number of likely N-dealkylation sites (tertiary alicyclic amines) is 1. The fourth-order valence-electron chi connectivity index (χ4n) is 2.33. The van der Waals surface area contributed by atoms with Gasteiger partial charge in [-0.05, 0) is 30.5 Å². The molecule has 1 aliphatic heterocycles. The first-order valence-corrected chi connectivity index (χ1v) is 5.91. The predicted molar refractivity (Wildman–Crippen MR) is 68.3 cm³/mol. The maximum atomic E-state index is 11.8. The Morgan fingerprint density at radius 2 is 2.06 bits per heavy atom. The zero-order valence-corrected chi connectivity index (χ0v) is 10.4. The summed E-state index contributed by atoms with van der Waals surface area (Å²) < 4.78 is 0. The number of hydrogen-bond donors (Lipinski definition) is 0. The van der Waals surface area contributed by atoms with Crippen LogP contribution >= 0.6 is 0 Å². The number of carbonyl (C=O) groups is 1. The van der Waals surface area contributed by atoms with E-state index in [1.807, 2.05) is 11.0 Å². The molecule has 0 bridgehead atoms. The Kier molecular flexibility index (Phi) is 3.19. The highest BCUT2D eigenvalue weighted by Crippen LogP contribution is 2.22. The summed E-state index contributed by atoms with van der Waals surface area (Å²) >= 11 is 0. The summed E-state index contributed by atoms with van der Waals surface area (Å²) in [5.74, 6) is 2.94. The first kappa shape index (κ1) is 11.7. The van der Waals surface area contributed by atoms with Crippen molar-refractivity contribution in [2.75, 3.05) is 6.54 Å². The smallest absolute Gasteiger partial charge is 0.224 e. The maximum Gasteiger partial charge on any atom is 0.224 e. The summed E-state index contributed by atoms with van der Waals surface area (Å²) in [5.41, 5.74) is 3.72. The van der Waals surface area contributed by atoms with Crippen LogP contribution in [-0.4, -0.2) is 17.4 Å². The predicted octanol–water partition coefficient (Wildman–Crippen LogP) is 2.29. The Hall–Kier alpha value is -1.75. The maximum absolute atomic E-state index is 11.8. The van der Waals surface area contributed by atoms with Crippen molar-refractivity contribution in [1.82, 2.24) is 4.90 Å². The fourth-order valence-corrected chi connectivity index (χ4v) is 2.33. The Balaban J connectivity index is 2.17. The first-order valence-electron chi connectivity index (χ1n) is 5.91. The minimum atomic E-state index is 0.0897. The summed E-state index contributed by atoms with van der Waals surface area (Å²) in [7, 11) is 0. The molecule has 1 unspecified atom stereocenters. The molecule has 1 aromatic rings. The van der Waals surface area contributed by atoms with Crippen LogP contribution < -0.4 is 0 Å². The lowest BCUT2D eigenvalue weighted by Crippen LogP contribution is -2.25. The second-order valence-corrected chi connectivity index (χ2v) is 4.71. The molecule has 88 valence electrons. The van der Waals surface area contributed by atoms with Crippen LogP contribution in [0.5, 0.6) is 0 Å². The molecule has 1 aliphatic rings. The number of benzene rings is 1. The molecule has 2 heteroatoms. The van der Waals surface area contributed by atoms with Crippen molar-refractivity contribution in [3.05, 3.63) is 34.9 Å². The number of terminal acetylenes is 1. The quantitative estimate of drug-likeness (QED) is 0.710. The molecule has 2 nitrogen and oxygen atoms in total. The standard InChI is InChI=1S/C15H17NO/c1-4-13-8-15(17)16(9-13)10-14-11(2)6-5-7-12(14)3/h1,5-7,13H,8-10H2,2-3H3. The third-order valence-corrected chi connectivity index (χ3v) is 3.44. The van der Waals surface area contributed by atoms with Crippen LogP contribution in [0.15, 0.2) is 18.2 Å². The Morgan fingerprint density at radius 1 is 1.41 bits per heavy atom. The van der Waals surface area contributed by atoms with Gasteiger partial charge in [0.15, 0.2) is 0 Å². The lowest BCUT2D eigenvalue weighted by Gasteiger charge is -2.19. The monoisotopic (exact) mass is 227 g/mol. The molecule has 1 atom stereocenters. The van der Waals surface area contributed by atoms with Crippen LogP contribution in [-0.2, 0) is 11.3 Å². The highest BCUT2D eigenvalue weighted by atomic mass is 16.2. The summed E-state index contributed by atoms with van der Waals surface area (Å²) in [6.07, 6.45) is 5.88. The third-order valence-electron chi connectivity index (χ3n) is 3.44. The Morgan fingerprint density at radius 3 is 2.59 bits per heavy atom. The summed E-state index contributed by atoms with van der Waals surface area (Å²) in [4.78, 5) is 13.7. The van der Waals surface area contributed by atoms with Crippen LogP contribution in [0.2, 0.25) is 0 Å². The molecule has 0 aromatic heterocycles. The molecule has 1 amide bonds. The van der Waals surface area contributed by atoms with E-state index in [9.17, 15) is 4.79 Å². The molecule has 17 heavy (non-hydrogen) atoms. The molecule has 1 heterocycles. The lowest BCUT2D eigenvalue weighted by molar-refractivity contribution is -0.128. The van der Waals surface area contributed by atoms with Crippen molar-refractivity contribution < 1.29 is 4.79 Å². The molecular formula is C15H17NO. The topological polar surface area (TPSA) is 20.3 Å². The van der Waals surface area contributed by atoms with Gasteiger partial charge in [0.1, 0.15) is 0 Å². The van der Waals surface area contributed by atoms with Gasteiger partial charge in [-0.2, -0.15) is 0 Å². The number of aryl methyl sites for hydroxylation is 2. The van der Waals surface area contributed by atoms with E-state index in [0.717, 1.165) is 0 Å². The zero-order chi connectivity index (χ0) is 12.4. The minimum absolute atomic E-state index is 0.0897. The second-order valence-electron chi connectivity index (χ2n) is 4.71. The molecule has 0 N–H and O–H groups in total. The van der Waals surface area contributed by atoms with E-state index in [1.54, 1.807) is 0 Å². The van der Waals surface area contributed by atoms with Gasteiger partial charge in [-0.15, -0.1) is 12.3 Å². The molecule has 1 saturated heterocycles. The molecule has 0 aliphatic carbocycles. The van der Waals surface area contributed by atoms with Gasteiger partial charge in [0.05, 0.1) is 0 Å². The number of hydrogen-bond acceptors (Lipinski definition) is 1. The van der Waals surface area contributed by atoms with Gasteiger partial charge >= 0.3 is 0 Å². The summed E-state index contributed by atoms with van der Waals surface area (Å²) in [6.45, 7) is 5.56. The molecule has 1 aromatic carbocycles. The van der Waals surface area contributed by atoms with Gasteiger partial charge in [0.25, 0.3) is 0 Å². The van der Waals surface area contributed by atoms with Gasteiger partial charge in [-0.25, -0.2) is 0 Å². The van der Waals surface area contributed by atoms with Crippen molar-refractivity contribution in [2.45, 2.75) is 26.8 Å². The second kappa shape index (κ2) is 4.63. The van der Waals surface area contributed by atoms with Gasteiger partial charge in [0.2, 0.25) is 5.91 Å². The average Bonchev–Trinajstić information content (AvgIpc) is 2.65. The van der Waals surface area contributed by atoms with Crippen LogP contribution in [0.1, 0.15) is 23.1 Å². The van der Waals surface area contributed by atoms with E-state index in [0.29, 0.717) is 19.5 Å². The molecule has 0 radical (unpaired) electrons.